The van der Waals surface area contributed by atoms with Gasteiger partial charge in [0.05, 0.1) is 0 Å². The Labute approximate surface area is 161 Å². The van der Waals surface area contributed by atoms with Gasteiger partial charge in [-0.3, -0.25) is 0 Å². The molecule has 0 nitrogen and oxygen atoms in total. The second-order valence-corrected chi connectivity index (χ2v) is 8.41. The van der Waals surface area contributed by atoms with Crippen molar-refractivity contribution in [2.24, 2.45) is 5.92 Å². The van der Waals surface area contributed by atoms with Crippen molar-refractivity contribution >= 4 is 0 Å². The Hall–Kier alpha value is -1.56. The predicted molar refractivity (Wildman–Crippen MR) is 115 cm³/mol. The second-order valence-electron chi connectivity index (χ2n) is 8.41. The van der Waals surface area contributed by atoms with Gasteiger partial charge in [0, 0.05) is 0 Å². The van der Waals surface area contributed by atoms with Crippen LogP contribution < -0.4 is 0 Å². The van der Waals surface area contributed by atoms with Gasteiger partial charge in [-0.15, -0.1) is 0 Å². The average molecular weight is 349 g/mol. The summed E-state index contributed by atoms with van der Waals surface area (Å²) >= 11 is 0. The third-order valence-corrected chi connectivity index (χ3v) is 6.33. The molecule has 2 aromatic rings. The fourth-order valence-corrected chi connectivity index (χ4v) is 4.51. The molecule has 1 aliphatic rings. The Bertz CT molecular complexity index is 627. The molecule has 140 valence electrons. The van der Waals surface area contributed by atoms with Gasteiger partial charge in [-0.25, -0.2) is 0 Å². The lowest BCUT2D eigenvalue weighted by atomic mass is 9.77. The summed E-state index contributed by atoms with van der Waals surface area (Å²) in [5.41, 5.74) is 5.55. The molecule has 0 atom stereocenters. The fraction of sp³-hybridized carbons (Fsp3) is 0.538. The lowest BCUT2D eigenvalue weighted by molar-refractivity contribution is 0.302. The van der Waals surface area contributed by atoms with Crippen molar-refractivity contribution in [3.05, 3.63) is 59.7 Å². The molecular weight excluding hydrogens is 312 g/mol. The van der Waals surface area contributed by atoms with Gasteiger partial charge in [0.2, 0.25) is 0 Å². The van der Waals surface area contributed by atoms with Gasteiger partial charge in [0.25, 0.3) is 0 Å². The first-order chi connectivity index (χ1) is 12.8. The minimum absolute atomic E-state index is 0.790. The maximum absolute atomic E-state index is 2.38. The van der Waals surface area contributed by atoms with Crippen LogP contribution in [0.2, 0.25) is 0 Å². The first kappa shape index (κ1) is 19.2. The van der Waals surface area contributed by atoms with E-state index in [4.69, 9.17) is 0 Å². The van der Waals surface area contributed by atoms with E-state index < -0.39 is 0 Å². The number of aryl methyl sites for hydroxylation is 1. The van der Waals surface area contributed by atoms with Crippen LogP contribution in [-0.2, 0) is 0 Å². The second kappa shape index (κ2) is 9.95. The lowest BCUT2D eigenvalue weighted by Gasteiger charge is -2.29. The van der Waals surface area contributed by atoms with Gasteiger partial charge in [-0.1, -0.05) is 99.5 Å². The highest BCUT2D eigenvalue weighted by atomic mass is 14.3. The van der Waals surface area contributed by atoms with E-state index in [1.807, 2.05) is 0 Å². The van der Waals surface area contributed by atoms with Crippen LogP contribution in [0.3, 0.4) is 0 Å². The summed E-state index contributed by atoms with van der Waals surface area (Å²) in [6.45, 7) is 4.45. The van der Waals surface area contributed by atoms with Crippen LogP contribution in [0.15, 0.2) is 48.5 Å². The van der Waals surface area contributed by atoms with Crippen LogP contribution in [0, 0.1) is 12.8 Å². The van der Waals surface area contributed by atoms with E-state index in [9.17, 15) is 0 Å². The van der Waals surface area contributed by atoms with Gasteiger partial charge in [0.1, 0.15) is 0 Å². The molecular formula is C26H36. The largest absolute Gasteiger partial charge is 0.0654 e. The standard InChI is InChI=1S/C26H36/c1-3-4-5-6-7-8-22-11-15-24(16-12-22)26-19-17-25(18-20-26)23-13-9-21(2)10-14-23/h9-10,13-14,17-20,22,24H,3-8,11-12,15-16H2,1-2H3. The normalized spacial score (nSPS) is 20.2. The highest BCUT2D eigenvalue weighted by Crippen LogP contribution is 2.38. The summed E-state index contributed by atoms with van der Waals surface area (Å²) in [5.74, 6) is 1.79. The summed E-state index contributed by atoms with van der Waals surface area (Å²) < 4.78 is 0. The maximum atomic E-state index is 2.38. The average Bonchev–Trinajstić information content (AvgIpc) is 2.69. The molecule has 0 N–H and O–H groups in total. The third kappa shape index (κ3) is 5.47. The zero-order valence-corrected chi connectivity index (χ0v) is 16.8. The molecule has 0 radical (unpaired) electrons. The lowest BCUT2D eigenvalue weighted by Crippen LogP contribution is -2.13. The number of rotatable bonds is 8. The zero-order valence-electron chi connectivity index (χ0n) is 16.8. The van der Waals surface area contributed by atoms with Gasteiger partial charge in [-0.05, 0) is 61.1 Å². The topological polar surface area (TPSA) is 0 Å². The number of hydrogen-bond acceptors (Lipinski definition) is 0. The van der Waals surface area contributed by atoms with Crippen molar-refractivity contribution < 1.29 is 0 Å². The fourth-order valence-electron chi connectivity index (χ4n) is 4.51. The van der Waals surface area contributed by atoms with Crippen LogP contribution in [0.5, 0.6) is 0 Å². The highest BCUT2D eigenvalue weighted by Gasteiger charge is 2.22. The van der Waals surface area contributed by atoms with Gasteiger partial charge in [0.15, 0.2) is 0 Å². The van der Waals surface area contributed by atoms with E-state index in [1.165, 1.54) is 80.9 Å². The van der Waals surface area contributed by atoms with E-state index in [-0.39, 0.29) is 0 Å². The molecule has 2 aromatic carbocycles. The summed E-state index contributed by atoms with van der Waals surface area (Å²) in [5, 5.41) is 0. The van der Waals surface area contributed by atoms with E-state index >= 15 is 0 Å². The molecule has 1 fully saturated rings. The van der Waals surface area contributed by atoms with E-state index in [2.05, 4.69) is 62.4 Å². The van der Waals surface area contributed by atoms with Crippen molar-refractivity contribution in [2.45, 2.75) is 84.0 Å². The van der Waals surface area contributed by atoms with Crippen molar-refractivity contribution in [2.75, 3.05) is 0 Å². The summed E-state index contributed by atoms with van der Waals surface area (Å²) in [4.78, 5) is 0. The van der Waals surface area contributed by atoms with E-state index in [0.717, 1.165) is 11.8 Å². The summed E-state index contributed by atoms with van der Waals surface area (Å²) in [6.07, 6.45) is 14.3. The number of unbranched alkanes of at least 4 members (excludes halogenated alkanes) is 4. The molecule has 3 rings (SSSR count). The number of benzene rings is 2. The maximum Gasteiger partial charge on any atom is -0.0162 e. The SMILES string of the molecule is CCCCCCCC1CCC(c2ccc(-c3ccc(C)cc3)cc2)CC1. The van der Waals surface area contributed by atoms with Crippen LogP contribution >= 0.6 is 0 Å². The highest BCUT2D eigenvalue weighted by molar-refractivity contribution is 5.64. The molecule has 0 heteroatoms. The zero-order chi connectivity index (χ0) is 18.2. The van der Waals surface area contributed by atoms with Crippen molar-refractivity contribution in [3.63, 3.8) is 0 Å². The van der Waals surface area contributed by atoms with Crippen molar-refractivity contribution in [1.29, 1.82) is 0 Å². The minimum atomic E-state index is 0.790. The molecule has 0 saturated heterocycles. The summed E-state index contributed by atoms with van der Waals surface area (Å²) in [6, 6.07) is 18.3. The van der Waals surface area contributed by atoms with Crippen molar-refractivity contribution in [1.82, 2.24) is 0 Å². The molecule has 0 aromatic heterocycles. The first-order valence-electron chi connectivity index (χ1n) is 10.9. The van der Waals surface area contributed by atoms with E-state index in [1.54, 1.807) is 5.56 Å². The van der Waals surface area contributed by atoms with Gasteiger partial charge >= 0.3 is 0 Å². The minimum Gasteiger partial charge on any atom is -0.0654 e. The van der Waals surface area contributed by atoms with Crippen molar-refractivity contribution in [3.8, 4) is 11.1 Å². The molecule has 0 aliphatic heterocycles. The first-order valence-corrected chi connectivity index (χ1v) is 10.9. The van der Waals surface area contributed by atoms with Crippen LogP contribution in [0.25, 0.3) is 11.1 Å². The quantitative estimate of drug-likeness (QED) is 0.421. The Kier molecular flexibility index (Phi) is 7.35. The molecule has 1 aliphatic carbocycles. The van der Waals surface area contributed by atoms with Gasteiger partial charge < -0.3 is 0 Å². The predicted octanol–water partition coefficient (Wildman–Crippen LogP) is 8.30. The van der Waals surface area contributed by atoms with Crippen LogP contribution in [0.4, 0.5) is 0 Å². The Morgan fingerprint density at radius 3 is 1.88 bits per heavy atom. The third-order valence-electron chi connectivity index (χ3n) is 6.33. The van der Waals surface area contributed by atoms with Crippen LogP contribution in [0.1, 0.15) is 88.2 Å². The van der Waals surface area contributed by atoms with Crippen LogP contribution in [-0.4, -0.2) is 0 Å². The Morgan fingerprint density at radius 1 is 0.692 bits per heavy atom. The smallest absolute Gasteiger partial charge is 0.0162 e. The molecule has 0 amide bonds. The monoisotopic (exact) mass is 348 g/mol. The molecule has 26 heavy (non-hydrogen) atoms. The van der Waals surface area contributed by atoms with Gasteiger partial charge in [-0.2, -0.15) is 0 Å². The molecule has 1 saturated carbocycles. The van der Waals surface area contributed by atoms with E-state index in [0.29, 0.717) is 0 Å². The number of hydrogen-bond donors (Lipinski definition) is 0. The molecule has 0 bridgehead atoms. The Morgan fingerprint density at radius 2 is 1.27 bits per heavy atom. The molecule has 0 unspecified atom stereocenters. The summed E-state index contributed by atoms with van der Waals surface area (Å²) in [7, 11) is 0. The Balaban J connectivity index is 1.46. The molecule has 0 heterocycles. The molecule has 0 spiro atoms.